The molecule has 1 aliphatic rings. The van der Waals surface area contributed by atoms with Crippen LogP contribution in [0.4, 0.5) is 11.4 Å². The molecule has 0 aromatic heterocycles. The molecule has 0 radical (unpaired) electrons. The second-order valence-electron chi connectivity index (χ2n) is 5.13. The lowest BCUT2D eigenvalue weighted by molar-refractivity contribution is -0.384. The fourth-order valence-corrected chi connectivity index (χ4v) is 2.50. The third-order valence-electron chi connectivity index (χ3n) is 3.54. The van der Waals surface area contributed by atoms with E-state index in [1.54, 1.807) is 4.90 Å². The molecule has 3 N–H and O–H groups in total. The van der Waals surface area contributed by atoms with Gasteiger partial charge < -0.3 is 10.3 Å². The zero-order valence-corrected chi connectivity index (χ0v) is 11.3. The van der Waals surface area contributed by atoms with Crippen molar-refractivity contribution in [3.63, 3.8) is 0 Å². The molecule has 7 heteroatoms. The molecule has 20 heavy (non-hydrogen) atoms. The van der Waals surface area contributed by atoms with Gasteiger partial charge >= 0.3 is 0 Å². The number of benzene rings is 1. The molecule has 1 unspecified atom stereocenters. The number of nitrogens with two attached hydrogens (primary N) is 1. The van der Waals surface area contributed by atoms with Crippen molar-refractivity contribution < 1.29 is 9.72 Å². The van der Waals surface area contributed by atoms with Crippen molar-refractivity contribution in [1.29, 1.82) is 0 Å². The summed E-state index contributed by atoms with van der Waals surface area (Å²) < 4.78 is 0. The number of nitrogens with one attached hydrogen (secondary N) is 1. The fraction of sp³-hybridized carbons (Fsp3) is 0.462. The monoisotopic (exact) mass is 278 g/mol. The molecule has 1 heterocycles. The molecule has 0 bridgehead atoms. The lowest BCUT2D eigenvalue weighted by atomic mass is 9.99. The topological polar surface area (TPSA) is 102 Å². The van der Waals surface area contributed by atoms with Crippen LogP contribution < -0.4 is 11.3 Å². The first kappa shape index (κ1) is 14.3. The van der Waals surface area contributed by atoms with E-state index in [1.807, 2.05) is 0 Å². The van der Waals surface area contributed by atoms with Crippen LogP contribution in [0, 0.1) is 16.0 Å². The molecule has 0 saturated carbocycles. The molecule has 108 valence electrons. The van der Waals surface area contributed by atoms with E-state index in [2.05, 4.69) is 12.3 Å². The fourth-order valence-electron chi connectivity index (χ4n) is 2.50. The van der Waals surface area contributed by atoms with E-state index in [-0.39, 0.29) is 17.3 Å². The van der Waals surface area contributed by atoms with E-state index < -0.39 is 4.92 Å². The SMILES string of the molecule is CC1CCCN(C(=O)c2ccc([N+](=O)[O-])c(NN)c2)C1. The predicted molar refractivity (Wildman–Crippen MR) is 75.2 cm³/mol. The van der Waals surface area contributed by atoms with Crippen molar-refractivity contribution in [2.75, 3.05) is 18.5 Å². The number of rotatable bonds is 3. The van der Waals surface area contributed by atoms with E-state index in [1.165, 1.54) is 18.2 Å². The summed E-state index contributed by atoms with van der Waals surface area (Å²) in [6.07, 6.45) is 2.11. The lowest BCUT2D eigenvalue weighted by Gasteiger charge is -2.31. The van der Waals surface area contributed by atoms with Gasteiger partial charge in [0.15, 0.2) is 0 Å². The van der Waals surface area contributed by atoms with Crippen LogP contribution in [0.2, 0.25) is 0 Å². The number of carbonyl (C=O) groups excluding carboxylic acids is 1. The van der Waals surface area contributed by atoms with Crippen molar-refractivity contribution in [2.24, 2.45) is 11.8 Å². The Balaban J connectivity index is 2.24. The van der Waals surface area contributed by atoms with E-state index >= 15 is 0 Å². The Labute approximate surface area is 116 Å². The summed E-state index contributed by atoms with van der Waals surface area (Å²) >= 11 is 0. The summed E-state index contributed by atoms with van der Waals surface area (Å²) in [5.74, 6) is 5.65. The third kappa shape index (κ3) is 2.88. The summed E-state index contributed by atoms with van der Waals surface area (Å²) in [6, 6.07) is 4.20. The number of anilines is 1. The molecular formula is C13H18N4O3. The number of nitrogen functional groups attached to an aromatic ring is 1. The van der Waals surface area contributed by atoms with Gasteiger partial charge in [0.25, 0.3) is 11.6 Å². The molecular weight excluding hydrogens is 260 g/mol. The zero-order chi connectivity index (χ0) is 14.7. The highest BCUT2D eigenvalue weighted by molar-refractivity contribution is 5.96. The molecule has 1 aromatic carbocycles. The van der Waals surface area contributed by atoms with Gasteiger partial charge in [-0.1, -0.05) is 6.92 Å². The highest BCUT2D eigenvalue weighted by Gasteiger charge is 2.23. The van der Waals surface area contributed by atoms with Gasteiger partial charge in [-0.15, -0.1) is 0 Å². The molecule has 1 amide bonds. The Morgan fingerprint density at radius 1 is 1.55 bits per heavy atom. The average Bonchev–Trinajstić information content (AvgIpc) is 2.45. The van der Waals surface area contributed by atoms with Crippen molar-refractivity contribution >= 4 is 17.3 Å². The van der Waals surface area contributed by atoms with Crippen molar-refractivity contribution in [3.05, 3.63) is 33.9 Å². The largest absolute Gasteiger partial charge is 0.338 e. The molecule has 1 fully saturated rings. The third-order valence-corrected chi connectivity index (χ3v) is 3.54. The van der Waals surface area contributed by atoms with Crippen molar-refractivity contribution in [3.8, 4) is 0 Å². The number of nitrogens with zero attached hydrogens (tertiary/aromatic N) is 2. The summed E-state index contributed by atoms with van der Waals surface area (Å²) in [5.41, 5.74) is 2.69. The van der Waals surface area contributed by atoms with E-state index in [0.29, 0.717) is 11.5 Å². The van der Waals surface area contributed by atoms with Crippen LogP contribution in [-0.2, 0) is 0 Å². The first-order chi connectivity index (χ1) is 9.52. The molecule has 0 aliphatic carbocycles. The summed E-state index contributed by atoms with van der Waals surface area (Å²) in [4.78, 5) is 24.5. The molecule has 2 rings (SSSR count). The highest BCUT2D eigenvalue weighted by atomic mass is 16.6. The number of piperidine rings is 1. The number of amides is 1. The van der Waals surface area contributed by atoms with Gasteiger partial charge in [0.1, 0.15) is 5.69 Å². The molecule has 1 saturated heterocycles. The van der Waals surface area contributed by atoms with E-state index in [4.69, 9.17) is 5.84 Å². The highest BCUT2D eigenvalue weighted by Crippen LogP contribution is 2.26. The van der Waals surface area contributed by atoms with Crippen LogP contribution in [0.5, 0.6) is 0 Å². The normalized spacial score (nSPS) is 18.7. The maximum atomic E-state index is 12.4. The summed E-state index contributed by atoms with van der Waals surface area (Å²) in [7, 11) is 0. The average molecular weight is 278 g/mol. The quantitative estimate of drug-likeness (QED) is 0.498. The number of hydrazine groups is 1. The Kier molecular flexibility index (Phi) is 4.19. The van der Waals surface area contributed by atoms with Crippen LogP contribution in [0.3, 0.4) is 0 Å². The van der Waals surface area contributed by atoms with Gasteiger partial charge in [0.05, 0.1) is 4.92 Å². The number of hydrogen-bond donors (Lipinski definition) is 2. The second kappa shape index (κ2) is 5.87. The standard InChI is InChI=1S/C13H18N4O3/c1-9-3-2-6-16(8-9)13(18)10-4-5-12(17(19)20)11(7-10)15-14/h4-5,7,9,15H,2-3,6,8,14H2,1H3. The maximum absolute atomic E-state index is 12.4. The molecule has 1 atom stereocenters. The van der Waals surface area contributed by atoms with Crippen LogP contribution in [0.15, 0.2) is 18.2 Å². The molecule has 7 nitrogen and oxygen atoms in total. The Morgan fingerprint density at radius 3 is 2.90 bits per heavy atom. The maximum Gasteiger partial charge on any atom is 0.293 e. The van der Waals surface area contributed by atoms with Crippen molar-refractivity contribution in [1.82, 2.24) is 4.90 Å². The summed E-state index contributed by atoms with van der Waals surface area (Å²) in [6.45, 7) is 3.56. The van der Waals surface area contributed by atoms with Crippen LogP contribution in [-0.4, -0.2) is 28.8 Å². The van der Waals surface area contributed by atoms with Gasteiger partial charge in [0.2, 0.25) is 0 Å². The summed E-state index contributed by atoms with van der Waals surface area (Å²) in [5, 5.41) is 10.8. The molecule has 1 aliphatic heterocycles. The van der Waals surface area contributed by atoms with Crippen LogP contribution >= 0.6 is 0 Å². The Hall–Kier alpha value is -2.15. The number of nitro benzene ring substituents is 1. The Morgan fingerprint density at radius 2 is 2.30 bits per heavy atom. The van der Waals surface area contributed by atoms with Gasteiger partial charge in [-0.05, 0) is 30.9 Å². The zero-order valence-electron chi connectivity index (χ0n) is 11.3. The van der Waals surface area contributed by atoms with E-state index in [9.17, 15) is 14.9 Å². The molecule has 0 spiro atoms. The smallest absolute Gasteiger partial charge is 0.293 e. The van der Waals surface area contributed by atoms with Gasteiger partial charge in [-0.2, -0.15) is 0 Å². The van der Waals surface area contributed by atoms with Crippen molar-refractivity contribution in [2.45, 2.75) is 19.8 Å². The molecule has 1 aromatic rings. The predicted octanol–water partition coefficient (Wildman–Crippen LogP) is 1.75. The Bertz CT molecular complexity index is 532. The number of carbonyl (C=O) groups is 1. The lowest BCUT2D eigenvalue weighted by Crippen LogP contribution is -2.39. The van der Waals surface area contributed by atoms with Gasteiger partial charge in [-0.3, -0.25) is 20.8 Å². The minimum atomic E-state index is -0.535. The minimum Gasteiger partial charge on any atom is -0.338 e. The number of nitro groups is 1. The number of hydrogen-bond acceptors (Lipinski definition) is 5. The van der Waals surface area contributed by atoms with Crippen LogP contribution in [0.1, 0.15) is 30.1 Å². The van der Waals surface area contributed by atoms with E-state index in [0.717, 1.165) is 25.9 Å². The first-order valence-electron chi connectivity index (χ1n) is 6.57. The first-order valence-corrected chi connectivity index (χ1v) is 6.57. The van der Waals surface area contributed by atoms with Gasteiger partial charge in [-0.25, -0.2) is 0 Å². The van der Waals surface area contributed by atoms with Crippen LogP contribution in [0.25, 0.3) is 0 Å². The second-order valence-corrected chi connectivity index (χ2v) is 5.13. The number of likely N-dealkylation sites (tertiary alicyclic amines) is 1. The minimum absolute atomic E-state index is 0.108. The van der Waals surface area contributed by atoms with Gasteiger partial charge in [0, 0.05) is 24.7 Å².